The molecule has 0 atom stereocenters. The van der Waals surface area contributed by atoms with E-state index < -0.39 is 0 Å². The lowest BCUT2D eigenvalue weighted by Gasteiger charge is -2.11. The Morgan fingerprint density at radius 1 is 1.32 bits per heavy atom. The summed E-state index contributed by atoms with van der Waals surface area (Å²) in [5, 5.41) is 2.80. The third kappa shape index (κ3) is 6.06. The van der Waals surface area contributed by atoms with Gasteiger partial charge in [0.15, 0.2) is 0 Å². The topological polar surface area (TPSA) is 41.6 Å². The van der Waals surface area contributed by atoms with Crippen LogP contribution in [0.2, 0.25) is 0 Å². The van der Waals surface area contributed by atoms with Crippen LogP contribution in [-0.4, -0.2) is 40.3 Å². The van der Waals surface area contributed by atoms with Gasteiger partial charge in [0.25, 0.3) is 0 Å². The lowest BCUT2D eigenvalue weighted by molar-refractivity contribution is -0.116. The van der Waals surface area contributed by atoms with E-state index in [0.29, 0.717) is 13.2 Å². The van der Waals surface area contributed by atoms with Crippen molar-refractivity contribution in [3.8, 4) is 0 Å². The monoisotopic (exact) mass is 262 g/mol. The van der Waals surface area contributed by atoms with Crippen LogP contribution in [0.1, 0.15) is 12.0 Å². The Hall–Kier alpha value is -1.81. The molecule has 4 nitrogen and oxygen atoms in total. The average molecular weight is 262 g/mol. The SMILES string of the molecule is COCCCNC(=O)/C=C/c1ccc(N(C)C)cc1. The molecule has 0 fully saturated rings. The van der Waals surface area contributed by atoms with E-state index in [1.165, 1.54) is 0 Å². The Bertz CT molecular complexity index is 411. The van der Waals surface area contributed by atoms with Crippen molar-refractivity contribution in [1.82, 2.24) is 5.32 Å². The number of carbonyl (C=O) groups excluding carboxylic acids is 1. The van der Waals surface area contributed by atoms with E-state index in [2.05, 4.69) is 5.32 Å². The molecule has 19 heavy (non-hydrogen) atoms. The Balaban J connectivity index is 2.40. The van der Waals surface area contributed by atoms with Gasteiger partial charge in [0, 0.05) is 46.1 Å². The highest BCUT2D eigenvalue weighted by Crippen LogP contribution is 2.12. The first kappa shape index (κ1) is 15.2. The molecule has 0 aliphatic carbocycles. The largest absolute Gasteiger partial charge is 0.385 e. The molecule has 4 heteroatoms. The Morgan fingerprint density at radius 3 is 2.58 bits per heavy atom. The molecular weight excluding hydrogens is 240 g/mol. The van der Waals surface area contributed by atoms with E-state index >= 15 is 0 Å². The zero-order valence-corrected chi connectivity index (χ0v) is 11.8. The number of amides is 1. The predicted octanol–water partition coefficient (Wildman–Crippen LogP) is 1.92. The molecule has 0 bridgehead atoms. The number of hydrogen-bond acceptors (Lipinski definition) is 3. The molecule has 1 aromatic carbocycles. The van der Waals surface area contributed by atoms with Gasteiger partial charge in [0.05, 0.1) is 0 Å². The minimum atomic E-state index is -0.0761. The van der Waals surface area contributed by atoms with E-state index in [-0.39, 0.29) is 5.91 Å². The summed E-state index contributed by atoms with van der Waals surface area (Å²) in [6.07, 6.45) is 4.19. The molecule has 0 aromatic heterocycles. The highest BCUT2D eigenvalue weighted by atomic mass is 16.5. The van der Waals surface area contributed by atoms with Crippen LogP contribution >= 0.6 is 0 Å². The lowest BCUT2D eigenvalue weighted by Crippen LogP contribution is -2.22. The zero-order chi connectivity index (χ0) is 14.1. The van der Waals surface area contributed by atoms with Gasteiger partial charge in [-0.05, 0) is 30.2 Å². The molecule has 0 spiro atoms. The Labute approximate surface area is 115 Å². The number of rotatable bonds is 7. The third-order valence-electron chi connectivity index (χ3n) is 2.66. The predicted molar refractivity (Wildman–Crippen MR) is 79.3 cm³/mol. The first-order valence-electron chi connectivity index (χ1n) is 6.35. The minimum absolute atomic E-state index is 0.0761. The molecule has 0 aliphatic heterocycles. The van der Waals surface area contributed by atoms with Crippen LogP contribution in [0.5, 0.6) is 0 Å². The maximum absolute atomic E-state index is 11.5. The number of nitrogens with zero attached hydrogens (tertiary/aromatic N) is 1. The van der Waals surface area contributed by atoms with Crippen molar-refractivity contribution in [2.75, 3.05) is 39.3 Å². The maximum Gasteiger partial charge on any atom is 0.244 e. The van der Waals surface area contributed by atoms with Crippen LogP contribution in [0.4, 0.5) is 5.69 Å². The molecule has 1 aromatic rings. The van der Waals surface area contributed by atoms with Crippen LogP contribution in [-0.2, 0) is 9.53 Å². The summed E-state index contributed by atoms with van der Waals surface area (Å²) in [7, 11) is 5.65. The lowest BCUT2D eigenvalue weighted by atomic mass is 10.2. The highest BCUT2D eigenvalue weighted by molar-refractivity contribution is 5.91. The first-order chi connectivity index (χ1) is 9.13. The van der Waals surface area contributed by atoms with Gasteiger partial charge in [0.1, 0.15) is 0 Å². The Kier molecular flexibility index (Phi) is 6.68. The Morgan fingerprint density at radius 2 is 2.00 bits per heavy atom. The molecular formula is C15H22N2O2. The van der Waals surface area contributed by atoms with Gasteiger partial charge in [-0.3, -0.25) is 4.79 Å². The molecule has 104 valence electrons. The van der Waals surface area contributed by atoms with Crippen molar-refractivity contribution in [2.45, 2.75) is 6.42 Å². The molecule has 1 N–H and O–H groups in total. The number of methoxy groups -OCH3 is 1. The van der Waals surface area contributed by atoms with Crippen molar-refractivity contribution in [2.24, 2.45) is 0 Å². The summed E-state index contributed by atoms with van der Waals surface area (Å²) in [6, 6.07) is 8.03. The number of anilines is 1. The van der Waals surface area contributed by atoms with Crippen LogP contribution in [0, 0.1) is 0 Å². The quantitative estimate of drug-likeness (QED) is 0.603. The van der Waals surface area contributed by atoms with E-state index in [9.17, 15) is 4.79 Å². The highest BCUT2D eigenvalue weighted by Gasteiger charge is 1.96. The van der Waals surface area contributed by atoms with Crippen molar-refractivity contribution in [1.29, 1.82) is 0 Å². The summed E-state index contributed by atoms with van der Waals surface area (Å²) >= 11 is 0. The molecule has 0 radical (unpaired) electrons. The van der Waals surface area contributed by atoms with E-state index in [1.54, 1.807) is 13.2 Å². The van der Waals surface area contributed by atoms with E-state index in [4.69, 9.17) is 4.74 Å². The number of hydrogen-bond donors (Lipinski definition) is 1. The summed E-state index contributed by atoms with van der Waals surface area (Å²) in [5.74, 6) is -0.0761. The van der Waals surface area contributed by atoms with Crippen molar-refractivity contribution < 1.29 is 9.53 Å². The number of ether oxygens (including phenoxy) is 1. The molecule has 0 heterocycles. The van der Waals surface area contributed by atoms with Crippen LogP contribution in [0.3, 0.4) is 0 Å². The maximum atomic E-state index is 11.5. The fraction of sp³-hybridized carbons (Fsp3) is 0.400. The van der Waals surface area contributed by atoms with Crippen molar-refractivity contribution in [3.63, 3.8) is 0 Å². The summed E-state index contributed by atoms with van der Waals surface area (Å²) in [6.45, 7) is 1.30. The number of nitrogens with one attached hydrogen (secondary N) is 1. The number of carbonyl (C=O) groups is 1. The molecule has 0 unspecified atom stereocenters. The fourth-order valence-corrected chi connectivity index (χ4v) is 1.54. The van der Waals surface area contributed by atoms with Gasteiger partial charge in [-0.2, -0.15) is 0 Å². The van der Waals surface area contributed by atoms with E-state index in [1.807, 2.05) is 49.3 Å². The minimum Gasteiger partial charge on any atom is -0.385 e. The smallest absolute Gasteiger partial charge is 0.244 e. The zero-order valence-electron chi connectivity index (χ0n) is 11.8. The second-order valence-corrected chi connectivity index (χ2v) is 4.46. The molecule has 0 saturated carbocycles. The summed E-state index contributed by atoms with van der Waals surface area (Å²) in [5.41, 5.74) is 2.15. The van der Waals surface area contributed by atoms with Crippen LogP contribution in [0.25, 0.3) is 6.08 Å². The van der Waals surface area contributed by atoms with Gasteiger partial charge >= 0.3 is 0 Å². The van der Waals surface area contributed by atoms with E-state index in [0.717, 1.165) is 17.7 Å². The second-order valence-electron chi connectivity index (χ2n) is 4.46. The molecule has 1 rings (SSSR count). The molecule has 0 saturated heterocycles. The van der Waals surface area contributed by atoms with Gasteiger partial charge in [-0.25, -0.2) is 0 Å². The van der Waals surface area contributed by atoms with Crippen LogP contribution in [0.15, 0.2) is 30.3 Å². The van der Waals surface area contributed by atoms with Crippen molar-refractivity contribution >= 4 is 17.7 Å². The fourth-order valence-electron chi connectivity index (χ4n) is 1.54. The van der Waals surface area contributed by atoms with Gasteiger partial charge in [-0.15, -0.1) is 0 Å². The van der Waals surface area contributed by atoms with Crippen molar-refractivity contribution in [3.05, 3.63) is 35.9 Å². The number of benzene rings is 1. The standard InChI is InChI=1S/C15H22N2O2/c1-17(2)14-8-5-13(6-9-14)7-10-15(18)16-11-4-12-19-3/h5-10H,4,11-12H2,1-3H3,(H,16,18)/b10-7+. The normalized spacial score (nSPS) is 10.7. The van der Waals surface area contributed by atoms with Gasteiger partial charge in [-0.1, -0.05) is 12.1 Å². The summed E-state index contributed by atoms with van der Waals surface area (Å²) < 4.78 is 4.91. The van der Waals surface area contributed by atoms with Crippen LogP contribution < -0.4 is 10.2 Å². The summed E-state index contributed by atoms with van der Waals surface area (Å²) in [4.78, 5) is 13.5. The molecule has 0 aliphatic rings. The third-order valence-corrected chi connectivity index (χ3v) is 2.66. The average Bonchev–Trinajstić information content (AvgIpc) is 2.42. The molecule has 1 amide bonds. The second kappa shape index (κ2) is 8.32. The first-order valence-corrected chi connectivity index (χ1v) is 6.35. The van der Waals surface area contributed by atoms with Gasteiger partial charge < -0.3 is 15.0 Å². The van der Waals surface area contributed by atoms with Gasteiger partial charge in [0.2, 0.25) is 5.91 Å².